The summed E-state index contributed by atoms with van der Waals surface area (Å²) in [6.07, 6.45) is 4.08. The van der Waals surface area contributed by atoms with Crippen molar-refractivity contribution in [2.45, 2.75) is 38.1 Å². The van der Waals surface area contributed by atoms with Crippen LogP contribution < -0.4 is 15.0 Å². The largest absolute Gasteiger partial charge is 0.496 e. The maximum absolute atomic E-state index is 12.9. The number of hydrogen-bond acceptors (Lipinski definition) is 6. The fourth-order valence-corrected chi connectivity index (χ4v) is 3.32. The summed E-state index contributed by atoms with van der Waals surface area (Å²) in [5.74, 6) is -0.578. The summed E-state index contributed by atoms with van der Waals surface area (Å²) in [4.78, 5) is 36.5. The van der Waals surface area contributed by atoms with Crippen LogP contribution in [-0.4, -0.2) is 50.2 Å². The molecule has 0 spiro atoms. The molecule has 0 bridgehead atoms. The van der Waals surface area contributed by atoms with Crippen LogP contribution in [0.25, 0.3) is 0 Å². The van der Waals surface area contributed by atoms with Gasteiger partial charge in [-0.05, 0) is 37.8 Å². The van der Waals surface area contributed by atoms with Crippen LogP contribution in [0.4, 0.5) is 11.4 Å². The van der Waals surface area contributed by atoms with Crippen molar-refractivity contribution in [3.05, 3.63) is 28.3 Å². The summed E-state index contributed by atoms with van der Waals surface area (Å²) >= 11 is 0. The van der Waals surface area contributed by atoms with Crippen molar-refractivity contribution in [1.82, 2.24) is 0 Å². The van der Waals surface area contributed by atoms with Crippen molar-refractivity contribution in [2.24, 2.45) is 0 Å². The van der Waals surface area contributed by atoms with E-state index in [0.29, 0.717) is 5.75 Å². The first-order chi connectivity index (χ1) is 13.0. The van der Waals surface area contributed by atoms with Gasteiger partial charge in [-0.15, -0.1) is 0 Å². The van der Waals surface area contributed by atoms with E-state index < -0.39 is 22.8 Å². The number of rotatable bonds is 7. The maximum atomic E-state index is 12.9. The molecular formula is C18H26N3O6+. The molecule has 1 heterocycles. The predicted molar refractivity (Wildman–Crippen MR) is 97.9 cm³/mol. The highest BCUT2D eigenvalue weighted by Gasteiger charge is 2.34. The van der Waals surface area contributed by atoms with Crippen molar-refractivity contribution in [3.63, 3.8) is 0 Å². The smallest absolute Gasteiger partial charge is 0.312 e. The minimum atomic E-state index is -0.655. The molecule has 2 N–H and O–H groups in total. The Morgan fingerprint density at radius 1 is 1.22 bits per heavy atom. The Balaban J connectivity index is 2.24. The maximum Gasteiger partial charge on any atom is 0.312 e. The van der Waals surface area contributed by atoms with Crippen LogP contribution in [0.1, 0.15) is 32.1 Å². The van der Waals surface area contributed by atoms with E-state index in [2.05, 4.69) is 5.32 Å². The predicted octanol–water partition coefficient (Wildman–Crippen LogP) is 0.932. The van der Waals surface area contributed by atoms with E-state index >= 15 is 0 Å². The van der Waals surface area contributed by atoms with Crippen molar-refractivity contribution in [1.29, 1.82) is 0 Å². The Kier molecular flexibility index (Phi) is 7.54. The van der Waals surface area contributed by atoms with Crippen molar-refractivity contribution >= 4 is 23.3 Å². The lowest BCUT2D eigenvalue weighted by Crippen LogP contribution is -3.17. The average molecular weight is 380 g/mol. The highest BCUT2D eigenvalue weighted by Crippen LogP contribution is 2.29. The van der Waals surface area contributed by atoms with Crippen LogP contribution in [0, 0.1) is 10.1 Å². The molecule has 0 unspecified atom stereocenters. The Labute approximate surface area is 157 Å². The molecule has 1 amide bonds. The molecule has 1 aliphatic rings. The number of carbonyl (C=O) groups excluding carboxylic acids is 2. The zero-order chi connectivity index (χ0) is 19.8. The Morgan fingerprint density at radius 2 is 1.89 bits per heavy atom. The zero-order valence-corrected chi connectivity index (χ0v) is 15.7. The fourth-order valence-electron chi connectivity index (χ4n) is 3.32. The summed E-state index contributed by atoms with van der Waals surface area (Å²) in [6, 6.07) is 3.57. The Hall–Kier alpha value is -2.68. The molecule has 1 aromatic carbocycles. The third kappa shape index (κ3) is 5.65. The number of amides is 1. The SMILES string of the molecule is COC(=O)C[C@H](C(=O)Nc1ccc(OC)cc1[N+](=O)[O-])[NH+]1CCCCCC1. The van der Waals surface area contributed by atoms with Gasteiger partial charge in [0.15, 0.2) is 6.04 Å². The fraction of sp³-hybridized carbons (Fsp3) is 0.556. The van der Waals surface area contributed by atoms with Gasteiger partial charge in [0.2, 0.25) is 0 Å². The second-order valence-electron chi connectivity index (χ2n) is 6.53. The van der Waals surface area contributed by atoms with Crippen LogP contribution in [0.5, 0.6) is 5.75 Å². The third-order valence-corrected chi connectivity index (χ3v) is 4.81. The van der Waals surface area contributed by atoms with Gasteiger partial charge in [-0.1, -0.05) is 0 Å². The molecule has 9 nitrogen and oxygen atoms in total. The van der Waals surface area contributed by atoms with Gasteiger partial charge in [0.1, 0.15) is 17.9 Å². The van der Waals surface area contributed by atoms with Crippen molar-refractivity contribution in [3.8, 4) is 5.75 Å². The number of nitro benzene ring substituents is 1. The number of quaternary nitrogens is 1. The molecule has 0 aliphatic carbocycles. The first kappa shape index (κ1) is 20.6. The number of nitrogens with zero attached hydrogens (tertiary/aromatic N) is 1. The van der Waals surface area contributed by atoms with Crippen LogP contribution in [-0.2, 0) is 14.3 Å². The monoisotopic (exact) mass is 380 g/mol. The number of nitro groups is 1. The van der Waals surface area contributed by atoms with Crippen LogP contribution in [0.2, 0.25) is 0 Å². The number of anilines is 1. The molecule has 148 valence electrons. The van der Waals surface area contributed by atoms with Gasteiger partial charge in [-0.3, -0.25) is 19.7 Å². The normalized spacial score (nSPS) is 16.1. The minimum absolute atomic E-state index is 0.0678. The minimum Gasteiger partial charge on any atom is -0.496 e. The van der Waals surface area contributed by atoms with E-state index in [9.17, 15) is 19.7 Å². The highest BCUT2D eigenvalue weighted by atomic mass is 16.6. The molecule has 0 saturated carbocycles. The molecule has 1 aliphatic heterocycles. The van der Waals surface area contributed by atoms with Gasteiger partial charge in [0, 0.05) is 0 Å². The van der Waals surface area contributed by atoms with E-state index in [1.54, 1.807) is 0 Å². The quantitative estimate of drug-likeness (QED) is 0.413. The summed E-state index contributed by atoms with van der Waals surface area (Å²) in [6.45, 7) is 1.56. The number of methoxy groups -OCH3 is 2. The second-order valence-corrected chi connectivity index (χ2v) is 6.53. The highest BCUT2D eigenvalue weighted by molar-refractivity contribution is 5.97. The van der Waals surface area contributed by atoms with Crippen molar-refractivity contribution < 1.29 is 28.9 Å². The molecule has 1 atom stereocenters. The lowest BCUT2D eigenvalue weighted by molar-refractivity contribution is -0.914. The summed E-state index contributed by atoms with van der Waals surface area (Å²) < 4.78 is 9.74. The summed E-state index contributed by atoms with van der Waals surface area (Å²) in [5, 5.41) is 14.0. The number of hydrogen-bond donors (Lipinski definition) is 2. The van der Waals surface area contributed by atoms with E-state index in [4.69, 9.17) is 9.47 Å². The van der Waals surface area contributed by atoms with Crippen molar-refractivity contribution in [2.75, 3.05) is 32.6 Å². The van der Waals surface area contributed by atoms with E-state index in [1.165, 1.54) is 32.4 Å². The van der Waals surface area contributed by atoms with E-state index in [-0.39, 0.29) is 17.8 Å². The number of ether oxygens (including phenoxy) is 2. The van der Waals surface area contributed by atoms with Crippen LogP contribution >= 0.6 is 0 Å². The van der Waals surface area contributed by atoms with E-state index in [0.717, 1.165) is 43.7 Å². The Bertz CT molecular complexity index is 686. The number of nitrogens with one attached hydrogen (secondary N) is 2. The van der Waals surface area contributed by atoms with Gasteiger partial charge in [0.25, 0.3) is 11.6 Å². The van der Waals surface area contributed by atoms with Gasteiger partial charge in [-0.25, -0.2) is 0 Å². The number of benzene rings is 1. The summed E-state index contributed by atoms with van der Waals surface area (Å²) in [7, 11) is 2.69. The molecule has 9 heteroatoms. The van der Waals surface area contributed by atoms with Gasteiger partial charge < -0.3 is 19.7 Å². The molecule has 1 aromatic rings. The van der Waals surface area contributed by atoms with Crippen LogP contribution in [0.3, 0.4) is 0 Å². The third-order valence-electron chi connectivity index (χ3n) is 4.81. The van der Waals surface area contributed by atoms with Gasteiger partial charge in [-0.2, -0.15) is 0 Å². The molecular weight excluding hydrogens is 354 g/mol. The van der Waals surface area contributed by atoms with Crippen LogP contribution in [0.15, 0.2) is 18.2 Å². The standard InChI is InChI=1S/C18H25N3O6/c1-26-13-7-8-14(15(11-13)21(24)25)19-18(23)16(12-17(22)27-2)20-9-5-3-4-6-10-20/h7-8,11,16H,3-6,9-10,12H2,1-2H3,(H,19,23)/p+1/t16-/m1/s1. The lowest BCUT2D eigenvalue weighted by Gasteiger charge is -2.26. The summed E-state index contributed by atoms with van der Waals surface area (Å²) in [5.41, 5.74) is -0.180. The zero-order valence-electron chi connectivity index (χ0n) is 15.7. The topological polar surface area (TPSA) is 112 Å². The van der Waals surface area contributed by atoms with Gasteiger partial charge in [0.05, 0.1) is 38.3 Å². The van der Waals surface area contributed by atoms with Gasteiger partial charge >= 0.3 is 5.97 Å². The molecule has 0 aromatic heterocycles. The molecule has 1 fully saturated rings. The molecule has 0 radical (unpaired) electrons. The Morgan fingerprint density at radius 3 is 2.44 bits per heavy atom. The first-order valence-corrected chi connectivity index (χ1v) is 9.01. The average Bonchev–Trinajstić information content (AvgIpc) is 2.95. The van der Waals surface area contributed by atoms with E-state index in [1.807, 2.05) is 0 Å². The number of likely N-dealkylation sites (tertiary alicyclic amines) is 1. The lowest BCUT2D eigenvalue weighted by atomic mass is 10.1. The second kappa shape index (κ2) is 9.86. The number of esters is 1. The molecule has 27 heavy (non-hydrogen) atoms. The number of carbonyl (C=O) groups is 2. The first-order valence-electron chi connectivity index (χ1n) is 9.01. The molecule has 1 saturated heterocycles. The molecule has 2 rings (SSSR count).